The molecule has 0 saturated carbocycles. The number of amides is 1. The van der Waals surface area contributed by atoms with E-state index in [9.17, 15) is 4.79 Å². The molecular weight excluding hydrogens is 226 g/mol. The molecule has 2 atom stereocenters. The molecule has 2 heterocycles. The molecule has 4 heteroatoms. The summed E-state index contributed by atoms with van der Waals surface area (Å²) in [4.78, 5) is 16.7. The van der Waals surface area contributed by atoms with Crippen LogP contribution in [0.1, 0.15) is 39.5 Å². The van der Waals surface area contributed by atoms with E-state index in [4.69, 9.17) is 0 Å². The molecule has 0 aromatic rings. The Labute approximate surface area is 111 Å². The van der Waals surface area contributed by atoms with Crippen molar-refractivity contribution < 1.29 is 4.79 Å². The van der Waals surface area contributed by atoms with Crippen molar-refractivity contribution in [2.45, 2.75) is 51.7 Å². The summed E-state index contributed by atoms with van der Waals surface area (Å²) in [5.74, 6) is 1.01. The van der Waals surface area contributed by atoms with Crippen LogP contribution in [0.15, 0.2) is 0 Å². The molecule has 2 rings (SSSR count). The summed E-state index contributed by atoms with van der Waals surface area (Å²) in [5.41, 5.74) is 0. The normalized spacial score (nSPS) is 31.3. The molecule has 2 aliphatic heterocycles. The monoisotopic (exact) mass is 253 g/mol. The fourth-order valence-electron chi connectivity index (χ4n) is 3.11. The molecule has 2 unspecified atom stereocenters. The number of carbonyl (C=O) groups excluding carboxylic acids is 1. The van der Waals surface area contributed by atoms with Crippen LogP contribution < -0.4 is 5.32 Å². The lowest BCUT2D eigenvalue weighted by Gasteiger charge is -2.32. The van der Waals surface area contributed by atoms with Crippen LogP contribution in [0.5, 0.6) is 0 Å². The van der Waals surface area contributed by atoms with Gasteiger partial charge < -0.3 is 9.80 Å². The van der Waals surface area contributed by atoms with Crippen molar-refractivity contribution in [2.24, 2.45) is 5.92 Å². The molecule has 2 saturated heterocycles. The van der Waals surface area contributed by atoms with E-state index < -0.39 is 0 Å². The molecule has 1 amide bonds. The largest absolute Gasteiger partial charge is 0.326 e. The maximum absolute atomic E-state index is 12.3. The molecule has 0 aromatic carbocycles. The van der Waals surface area contributed by atoms with Crippen LogP contribution in [-0.2, 0) is 4.79 Å². The van der Waals surface area contributed by atoms with Gasteiger partial charge in [0.05, 0.1) is 12.2 Å². The second-order valence-electron chi connectivity index (χ2n) is 5.92. The Hall–Kier alpha value is -0.610. The number of likely N-dealkylation sites (tertiary alicyclic amines) is 1. The molecule has 0 radical (unpaired) electrons. The summed E-state index contributed by atoms with van der Waals surface area (Å²) in [6.07, 6.45) is 4.70. The smallest absolute Gasteiger partial charge is 0.241 e. The van der Waals surface area contributed by atoms with E-state index in [0.29, 0.717) is 11.8 Å². The van der Waals surface area contributed by atoms with Gasteiger partial charge in [0.1, 0.15) is 0 Å². The zero-order valence-electron chi connectivity index (χ0n) is 12.0. The van der Waals surface area contributed by atoms with Gasteiger partial charge in [-0.1, -0.05) is 13.3 Å². The molecular formula is C14H27N3O. The lowest BCUT2D eigenvalue weighted by Crippen LogP contribution is -2.41. The van der Waals surface area contributed by atoms with Crippen molar-refractivity contribution in [1.29, 1.82) is 0 Å². The van der Waals surface area contributed by atoms with Gasteiger partial charge in [-0.3, -0.25) is 10.1 Å². The zero-order chi connectivity index (χ0) is 13.1. The average molecular weight is 253 g/mol. The summed E-state index contributed by atoms with van der Waals surface area (Å²) < 4.78 is 0. The number of piperidine rings is 1. The maximum Gasteiger partial charge on any atom is 0.241 e. The standard InChI is InChI=1S/C14H27N3O/c1-4-5-13-14(18)17(11(2)15-13)10-12-6-8-16(3)9-7-12/h11-13,15H,4-10H2,1-3H3. The van der Waals surface area contributed by atoms with Crippen LogP contribution >= 0.6 is 0 Å². The van der Waals surface area contributed by atoms with E-state index in [-0.39, 0.29) is 12.2 Å². The minimum absolute atomic E-state index is 0.0660. The summed E-state index contributed by atoms with van der Waals surface area (Å²) in [6.45, 7) is 7.54. The third-order valence-electron chi connectivity index (χ3n) is 4.36. The van der Waals surface area contributed by atoms with E-state index in [2.05, 4.69) is 36.0 Å². The SMILES string of the molecule is CCCC1NC(C)N(CC2CCN(C)CC2)C1=O. The quantitative estimate of drug-likeness (QED) is 0.819. The minimum Gasteiger partial charge on any atom is -0.326 e. The maximum atomic E-state index is 12.3. The van der Waals surface area contributed by atoms with Gasteiger partial charge in [0, 0.05) is 6.54 Å². The van der Waals surface area contributed by atoms with E-state index in [1.54, 1.807) is 0 Å². The highest BCUT2D eigenvalue weighted by Crippen LogP contribution is 2.21. The topological polar surface area (TPSA) is 35.6 Å². The molecule has 2 fully saturated rings. The Bertz CT molecular complexity index is 287. The molecule has 0 bridgehead atoms. The Kier molecular flexibility index (Phi) is 4.62. The highest BCUT2D eigenvalue weighted by Gasteiger charge is 2.36. The molecule has 0 aliphatic carbocycles. The van der Waals surface area contributed by atoms with Crippen molar-refractivity contribution in [3.05, 3.63) is 0 Å². The van der Waals surface area contributed by atoms with Crippen LogP contribution in [0.4, 0.5) is 0 Å². The molecule has 0 spiro atoms. The Balaban J connectivity index is 1.87. The first kappa shape index (κ1) is 13.8. The van der Waals surface area contributed by atoms with Crippen LogP contribution in [0.2, 0.25) is 0 Å². The van der Waals surface area contributed by atoms with Crippen LogP contribution in [0.25, 0.3) is 0 Å². The summed E-state index contributed by atoms with van der Waals surface area (Å²) in [6, 6.07) is 0.0660. The fourth-order valence-corrected chi connectivity index (χ4v) is 3.11. The first-order valence-electron chi connectivity index (χ1n) is 7.37. The fraction of sp³-hybridized carbons (Fsp3) is 0.929. The minimum atomic E-state index is 0.0660. The van der Waals surface area contributed by atoms with E-state index in [1.165, 1.54) is 25.9 Å². The molecule has 1 N–H and O–H groups in total. The van der Waals surface area contributed by atoms with Gasteiger partial charge in [0.25, 0.3) is 0 Å². The Morgan fingerprint density at radius 3 is 2.61 bits per heavy atom. The van der Waals surface area contributed by atoms with Crippen LogP contribution in [-0.4, -0.2) is 54.6 Å². The molecule has 18 heavy (non-hydrogen) atoms. The van der Waals surface area contributed by atoms with Crippen molar-refractivity contribution in [3.63, 3.8) is 0 Å². The van der Waals surface area contributed by atoms with Gasteiger partial charge in [-0.15, -0.1) is 0 Å². The lowest BCUT2D eigenvalue weighted by molar-refractivity contribution is -0.130. The molecule has 4 nitrogen and oxygen atoms in total. The van der Waals surface area contributed by atoms with Crippen LogP contribution in [0.3, 0.4) is 0 Å². The van der Waals surface area contributed by atoms with Gasteiger partial charge >= 0.3 is 0 Å². The molecule has 2 aliphatic rings. The third-order valence-corrected chi connectivity index (χ3v) is 4.36. The van der Waals surface area contributed by atoms with Crippen LogP contribution in [0, 0.1) is 5.92 Å². The van der Waals surface area contributed by atoms with E-state index in [1.807, 2.05) is 0 Å². The van der Waals surface area contributed by atoms with Gasteiger partial charge in [0.15, 0.2) is 0 Å². The molecule has 0 aromatic heterocycles. The van der Waals surface area contributed by atoms with E-state index in [0.717, 1.165) is 19.4 Å². The lowest BCUT2D eigenvalue weighted by atomic mass is 9.96. The second-order valence-corrected chi connectivity index (χ2v) is 5.92. The second kappa shape index (κ2) is 6.02. The van der Waals surface area contributed by atoms with Crippen molar-refractivity contribution >= 4 is 5.91 Å². The zero-order valence-corrected chi connectivity index (χ0v) is 12.0. The summed E-state index contributed by atoms with van der Waals surface area (Å²) in [5, 5.41) is 3.42. The first-order valence-corrected chi connectivity index (χ1v) is 7.37. The van der Waals surface area contributed by atoms with Gasteiger partial charge in [-0.05, 0) is 52.2 Å². The number of hydrogen-bond donors (Lipinski definition) is 1. The van der Waals surface area contributed by atoms with Gasteiger partial charge in [0.2, 0.25) is 5.91 Å². The molecule has 104 valence electrons. The number of rotatable bonds is 4. The number of hydrogen-bond acceptors (Lipinski definition) is 3. The third kappa shape index (κ3) is 3.04. The van der Waals surface area contributed by atoms with Crippen molar-refractivity contribution in [1.82, 2.24) is 15.1 Å². The van der Waals surface area contributed by atoms with Gasteiger partial charge in [-0.2, -0.15) is 0 Å². The van der Waals surface area contributed by atoms with Gasteiger partial charge in [-0.25, -0.2) is 0 Å². The average Bonchev–Trinajstić information content (AvgIpc) is 2.60. The van der Waals surface area contributed by atoms with Crippen molar-refractivity contribution in [2.75, 3.05) is 26.7 Å². The predicted octanol–water partition coefficient (Wildman–Crippen LogP) is 1.27. The number of nitrogens with zero attached hydrogens (tertiary/aromatic N) is 2. The summed E-state index contributed by atoms with van der Waals surface area (Å²) >= 11 is 0. The number of nitrogens with one attached hydrogen (secondary N) is 1. The van der Waals surface area contributed by atoms with Crippen molar-refractivity contribution in [3.8, 4) is 0 Å². The Morgan fingerprint density at radius 2 is 2.00 bits per heavy atom. The first-order chi connectivity index (χ1) is 8.61. The van der Waals surface area contributed by atoms with E-state index >= 15 is 0 Å². The Morgan fingerprint density at radius 1 is 1.33 bits per heavy atom. The highest BCUT2D eigenvalue weighted by atomic mass is 16.2. The highest BCUT2D eigenvalue weighted by molar-refractivity contribution is 5.84. The predicted molar refractivity (Wildman–Crippen MR) is 73.2 cm³/mol. The summed E-state index contributed by atoms with van der Waals surface area (Å²) in [7, 11) is 2.18. The number of carbonyl (C=O) groups is 1.